The second-order valence-corrected chi connectivity index (χ2v) is 14.0. The van der Waals surface area contributed by atoms with E-state index in [1.54, 1.807) is 82.8 Å². The molecule has 44 heavy (non-hydrogen) atoms. The van der Waals surface area contributed by atoms with Crippen LogP contribution in [-0.2, 0) is 9.53 Å². The number of nitrogens with zero attached hydrogens (tertiary/aromatic N) is 3. The van der Waals surface area contributed by atoms with Crippen molar-refractivity contribution in [3.05, 3.63) is 62.7 Å². The van der Waals surface area contributed by atoms with Crippen molar-refractivity contribution in [1.29, 1.82) is 0 Å². The quantitative estimate of drug-likeness (QED) is 0.227. The van der Waals surface area contributed by atoms with Crippen LogP contribution in [0.15, 0.2) is 40.9 Å². The number of esters is 1. The lowest BCUT2D eigenvalue weighted by Crippen LogP contribution is -2.49. The lowest BCUT2D eigenvalue weighted by atomic mass is 9.97. The van der Waals surface area contributed by atoms with E-state index in [2.05, 4.69) is 26.3 Å². The van der Waals surface area contributed by atoms with Crippen molar-refractivity contribution in [3.8, 4) is 5.75 Å². The summed E-state index contributed by atoms with van der Waals surface area (Å²) in [6.07, 6.45) is 0.650. The topological polar surface area (TPSA) is 118 Å². The van der Waals surface area contributed by atoms with E-state index in [9.17, 15) is 19.2 Å². The molecule has 1 saturated heterocycles. The van der Waals surface area contributed by atoms with Gasteiger partial charge in [0.05, 0.1) is 21.6 Å². The molecule has 0 spiro atoms. The summed E-state index contributed by atoms with van der Waals surface area (Å²) in [5, 5.41) is 1.36. The maximum atomic E-state index is 14.8. The van der Waals surface area contributed by atoms with E-state index in [1.165, 1.54) is 0 Å². The van der Waals surface area contributed by atoms with Crippen LogP contribution in [-0.4, -0.2) is 52.5 Å². The lowest BCUT2D eigenvalue weighted by Gasteiger charge is -2.29. The molecule has 1 aliphatic rings. The summed E-state index contributed by atoms with van der Waals surface area (Å²) in [5.74, 6) is -2.21. The minimum Gasteiger partial charge on any atom is -0.443 e. The van der Waals surface area contributed by atoms with E-state index in [1.807, 2.05) is 6.92 Å². The van der Waals surface area contributed by atoms with Crippen LogP contribution in [0.25, 0.3) is 10.9 Å². The molecule has 12 heteroatoms. The second kappa shape index (κ2) is 12.7. The van der Waals surface area contributed by atoms with Crippen molar-refractivity contribution < 1.29 is 28.7 Å². The molecule has 1 fully saturated rings. The summed E-state index contributed by atoms with van der Waals surface area (Å²) in [6.45, 7) is 12.8. The largest absolute Gasteiger partial charge is 0.443 e. The Morgan fingerprint density at radius 1 is 1.00 bits per heavy atom. The first-order valence-corrected chi connectivity index (χ1v) is 15.4. The zero-order valence-corrected chi connectivity index (χ0v) is 28.2. The van der Waals surface area contributed by atoms with Gasteiger partial charge in [0, 0.05) is 22.9 Å². The number of anilines is 1. The molecule has 3 aromatic rings. The van der Waals surface area contributed by atoms with Gasteiger partial charge in [-0.1, -0.05) is 33.6 Å². The zero-order valence-electron chi connectivity index (χ0n) is 25.8. The Balaban J connectivity index is 2.02. The third kappa shape index (κ3) is 7.50. The van der Waals surface area contributed by atoms with Gasteiger partial charge in [-0.3, -0.25) is 14.4 Å². The van der Waals surface area contributed by atoms with Gasteiger partial charge in [0.25, 0.3) is 11.8 Å². The van der Waals surface area contributed by atoms with E-state index in [0.717, 1.165) is 23.4 Å². The molecule has 0 radical (unpaired) electrons. The molecule has 3 amide bonds. The van der Waals surface area contributed by atoms with E-state index in [0.29, 0.717) is 28.5 Å². The molecule has 10 nitrogen and oxygen atoms in total. The van der Waals surface area contributed by atoms with E-state index < -0.39 is 34.9 Å². The fraction of sp³-hybridized carbons (Fsp3) is 0.406. The molecule has 4 rings (SSSR count). The van der Waals surface area contributed by atoms with Crippen molar-refractivity contribution in [1.82, 2.24) is 15.3 Å². The number of rotatable bonds is 4. The standard InChI is InChI=1S/C32H36BrClN4O6/c1-18-10-13-23(21(34)16-18)38(36-30(42)44-32(5,6)7)27(39)24-25(28(40)37-14-8-9-15-37)35-22-17-19(33)11-12-20(22)26(24)43-29(41)31(2,3)4/h10-13,16-17H,8-9,14-15H2,1-7H3,(H,36,42). The van der Waals surface area contributed by atoms with E-state index in [4.69, 9.17) is 21.1 Å². The predicted octanol–water partition coefficient (Wildman–Crippen LogP) is 7.23. The van der Waals surface area contributed by atoms with E-state index in [-0.39, 0.29) is 27.7 Å². The van der Waals surface area contributed by atoms with Crippen molar-refractivity contribution in [3.63, 3.8) is 0 Å². The summed E-state index contributed by atoms with van der Waals surface area (Å²) >= 11 is 10.0. The fourth-order valence-electron chi connectivity index (χ4n) is 4.50. The highest BCUT2D eigenvalue weighted by Crippen LogP contribution is 2.37. The third-order valence-electron chi connectivity index (χ3n) is 6.67. The molecule has 1 N–H and O–H groups in total. The lowest BCUT2D eigenvalue weighted by molar-refractivity contribution is -0.142. The first-order chi connectivity index (χ1) is 20.5. The number of hydrazine groups is 1. The highest BCUT2D eigenvalue weighted by Gasteiger charge is 2.37. The van der Waals surface area contributed by atoms with Gasteiger partial charge in [0.15, 0.2) is 5.75 Å². The summed E-state index contributed by atoms with van der Waals surface area (Å²) < 4.78 is 12.1. The van der Waals surface area contributed by atoms with Crippen LogP contribution in [0.5, 0.6) is 5.75 Å². The molecular formula is C32H36BrClN4O6. The normalized spacial score (nSPS) is 13.5. The van der Waals surface area contributed by atoms with Gasteiger partial charge >= 0.3 is 12.1 Å². The van der Waals surface area contributed by atoms with Crippen molar-refractivity contribution in [2.45, 2.75) is 66.9 Å². The Morgan fingerprint density at radius 3 is 2.25 bits per heavy atom. The molecule has 2 aromatic carbocycles. The Morgan fingerprint density at radius 2 is 1.66 bits per heavy atom. The molecule has 1 aliphatic heterocycles. The molecule has 234 valence electrons. The Hall–Kier alpha value is -3.70. The number of ether oxygens (including phenoxy) is 2. The van der Waals surface area contributed by atoms with Crippen molar-refractivity contribution in [2.24, 2.45) is 5.41 Å². The number of benzene rings is 2. The number of pyridine rings is 1. The third-order valence-corrected chi connectivity index (χ3v) is 7.46. The maximum Gasteiger partial charge on any atom is 0.427 e. The number of aromatic nitrogens is 1. The Kier molecular flexibility index (Phi) is 9.60. The second-order valence-electron chi connectivity index (χ2n) is 12.7. The first-order valence-electron chi connectivity index (χ1n) is 14.2. The fourth-order valence-corrected chi connectivity index (χ4v) is 5.17. The van der Waals surface area contributed by atoms with Crippen LogP contribution in [0.1, 0.15) is 80.8 Å². The molecule has 0 saturated carbocycles. The number of amides is 3. The predicted molar refractivity (Wildman–Crippen MR) is 172 cm³/mol. The molecule has 0 aliphatic carbocycles. The molecule has 1 aromatic heterocycles. The number of fused-ring (bicyclic) bond motifs is 1. The Bertz CT molecular complexity index is 1640. The summed E-state index contributed by atoms with van der Waals surface area (Å²) in [4.78, 5) is 61.5. The van der Waals surface area contributed by atoms with Crippen LogP contribution >= 0.6 is 27.5 Å². The van der Waals surface area contributed by atoms with Gasteiger partial charge in [0.1, 0.15) is 16.9 Å². The highest BCUT2D eigenvalue weighted by atomic mass is 79.9. The smallest absolute Gasteiger partial charge is 0.427 e. The van der Waals surface area contributed by atoms with Gasteiger partial charge in [-0.05, 0) is 97.2 Å². The van der Waals surface area contributed by atoms with Gasteiger partial charge in [-0.25, -0.2) is 20.2 Å². The van der Waals surface area contributed by atoms with E-state index >= 15 is 0 Å². The monoisotopic (exact) mass is 686 g/mol. The molecule has 0 atom stereocenters. The number of hydrogen-bond donors (Lipinski definition) is 1. The van der Waals surface area contributed by atoms with Gasteiger partial charge < -0.3 is 14.4 Å². The summed E-state index contributed by atoms with van der Waals surface area (Å²) in [6, 6.07) is 9.92. The number of carbonyl (C=O) groups excluding carboxylic acids is 4. The van der Waals surface area contributed by atoms with Crippen LogP contribution < -0.4 is 15.2 Å². The van der Waals surface area contributed by atoms with Gasteiger partial charge in [-0.15, -0.1) is 0 Å². The van der Waals surface area contributed by atoms with Crippen LogP contribution in [0.3, 0.4) is 0 Å². The van der Waals surface area contributed by atoms with Crippen LogP contribution in [0.4, 0.5) is 10.5 Å². The van der Waals surface area contributed by atoms with Crippen molar-refractivity contribution in [2.75, 3.05) is 18.1 Å². The average molecular weight is 688 g/mol. The van der Waals surface area contributed by atoms with Crippen LogP contribution in [0.2, 0.25) is 5.02 Å². The zero-order chi connectivity index (χ0) is 32.6. The number of aryl methyl sites for hydroxylation is 1. The minimum absolute atomic E-state index is 0.108. The molecule has 2 heterocycles. The number of nitrogens with one attached hydrogen (secondary N) is 1. The first kappa shape index (κ1) is 33.2. The number of hydrogen-bond acceptors (Lipinski definition) is 7. The van der Waals surface area contributed by atoms with Gasteiger partial charge in [0.2, 0.25) is 0 Å². The van der Waals surface area contributed by atoms with Crippen molar-refractivity contribution >= 4 is 68.0 Å². The maximum absolute atomic E-state index is 14.8. The summed E-state index contributed by atoms with van der Waals surface area (Å²) in [7, 11) is 0. The van der Waals surface area contributed by atoms with Crippen LogP contribution in [0, 0.1) is 12.3 Å². The molecule has 0 unspecified atom stereocenters. The molecule has 0 bridgehead atoms. The van der Waals surface area contributed by atoms with Gasteiger partial charge in [-0.2, -0.15) is 0 Å². The number of likely N-dealkylation sites (tertiary alicyclic amines) is 1. The Labute approximate surface area is 270 Å². The summed E-state index contributed by atoms with van der Waals surface area (Å²) in [5.41, 5.74) is 1.36. The number of halogens is 2. The minimum atomic E-state index is -0.959. The SMILES string of the molecule is Cc1ccc(N(NC(=O)OC(C)(C)C)C(=O)c2c(C(=O)N3CCCC3)nc3cc(Br)ccc3c2OC(=O)C(C)(C)C)c(Cl)c1. The molecular weight excluding hydrogens is 652 g/mol. The number of carbonyl (C=O) groups is 4. The highest BCUT2D eigenvalue weighted by molar-refractivity contribution is 9.10. The average Bonchev–Trinajstić information content (AvgIpc) is 3.44.